The molecule has 0 amide bonds. The average molecular weight is 489 g/mol. The summed E-state index contributed by atoms with van der Waals surface area (Å²) in [7, 11) is 0. The molecule has 0 aromatic heterocycles. The standard InChI is InChI=1S/C29H44O6/c1-7-8-9-10-25(30)34-22-17-32-26(31)20(22)12-13-21-19(2)11-14-23-28(21,5)16-15-24-29(23,6)18-33-27(3,4)35-24/h12,21-24H,2,7-11,13-18H2,1,3-6H3/b20-12+/t21-,22-,23+,24-,28+,29+/m1/s1. The molecule has 35 heavy (non-hydrogen) atoms. The van der Waals surface area contributed by atoms with Crippen LogP contribution in [-0.4, -0.2) is 43.1 Å². The van der Waals surface area contributed by atoms with Crippen molar-refractivity contribution in [2.75, 3.05) is 13.2 Å². The topological polar surface area (TPSA) is 71.1 Å². The van der Waals surface area contributed by atoms with Crippen molar-refractivity contribution in [2.24, 2.45) is 22.7 Å². The molecular weight excluding hydrogens is 444 g/mol. The van der Waals surface area contributed by atoms with Crippen LogP contribution in [-0.2, 0) is 28.5 Å². The van der Waals surface area contributed by atoms with Crippen LogP contribution in [0, 0.1) is 22.7 Å². The zero-order valence-electron chi connectivity index (χ0n) is 22.3. The number of esters is 2. The van der Waals surface area contributed by atoms with E-state index in [1.165, 1.54) is 5.57 Å². The van der Waals surface area contributed by atoms with E-state index in [4.69, 9.17) is 18.9 Å². The number of carbonyl (C=O) groups excluding carboxylic acids is 2. The van der Waals surface area contributed by atoms with Gasteiger partial charge in [-0.15, -0.1) is 0 Å². The molecule has 4 aliphatic rings. The highest BCUT2D eigenvalue weighted by Gasteiger charge is 2.60. The predicted octanol–water partition coefficient (Wildman–Crippen LogP) is 5.89. The first-order chi connectivity index (χ1) is 16.5. The van der Waals surface area contributed by atoms with Gasteiger partial charge in [-0.1, -0.05) is 51.8 Å². The van der Waals surface area contributed by atoms with Crippen molar-refractivity contribution in [1.29, 1.82) is 0 Å². The van der Waals surface area contributed by atoms with Gasteiger partial charge < -0.3 is 18.9 Å². The Balaban J connectivity index is 1.50. The van der Waals surface area contributed by atoms with E-state index < -0.39 is 11.9 Å². The van der Waals surface area contributed by atoms with E-state index >= 15 is 0 Å². The van der Waals surface area contributed by atoms with Crippen LogP contribution in [0.5, 0.6) is 0 Å². The van der Waals surface area contributed by atoms with Gasteiger partial charge in [-0.05, 0) is 69.6 Å². The summed E-state index contributed by atoms with van der Waals surface area (Å²) in [6, 6.07) is 0. The maximum atomic E-state index is 12.5. The summed E-state index contributed by atoms with van der Waals surface area (Å²) in [6.07, 6.45) is 9.60. The second-order valence-electron chi connectivity index (χ2n) is 12.1. The Morgan fingerprint density at radius 2 is 1.94 bits per heavy atom. The molecular formula is C29H44O6. The van der Waals surface area contributed by atoms with Crippen LogP contribution in [0.1, 0.15) is 92.4 Å². The second-order valence-corrected chi connectivity index (χ2v) is 12.1. The third-order valence-corrected chi connectivity index (χ3v) is 9.25. The molecule has 0 N–H and O–H groups in total. The SMILES string of the molecule is C=C1CC[C@@H]2[C@]3(C)COC(C)(C)O[C@@H]3CC[C@@]2(C)[C@@H]1C/C=C1/C(=O)OC[C@H]1OC(=O)CCCCC. The van der Waals surface area contributed by atoms with Crippen LogP contribution < -0.4 is 0 Å². The minimum Gasteiger partial charge on any atom is -0.458 e. The fraction of sp³-hybridized carbons (Fsp3) is 0.793. The molecule has 2 aliphatic carbocycles. The minimum absolute atomic E-state index is 0.0423. The van der Waals surface area contributed by atoms with Crippen LogP contribution >= 0.6 is 0 Å². The quantitative estimate of drug-likeness (QED) is 0.193. The van der Waals surface area contributed by atoms with E-state index in [2.05, 4.69) is 27.4 Å². The van der Waals surface area contributed by atoms with Crippen LogP contribution in [0.4, 0.5) is 0 Å². The normalized spacial score (nSPS) is 39.6. The highest BCUT2D eigenvalue weighted by atomic mass is 16.7. The Kier molecular flexibility index (Phi) is 7.55. The zero-order chi connectivity index (χ0) is 25.4. The molecule has 0 spiro atoms. The monoisotopic (exact) mass is 488 g/mol. The maximum absolute atomic E-state index is 12.5. The lowest BCUT2D eigenvalue weighted by Gasteiger charge is -2.63. The summed E-state index contributed by atoms with van der Waals surface area (Å²) < 4.78 is 23.5. The van der Waals surface area contributed by atoms with E-state index in [1.54, 1.807) is 0 Å². The number of rotatable bonds is 7. The van der Waals surface area contributed by atoms with Crippen molar-refractivity contribution in [3.8, 4) is 0 Å². The number of unbranched alkanes of at least 4 members (excludes halogenated alkanes) is 2. The summed E-state index contributed by atoms with van der Waals surface area (Å²) in [5.41, 5.74) is 1.73. The van der Waals surface area contributed by atoms with Gasteiger partial charge >= 0.3 is 11.9 Å². The van der Waals surface area contributed by atoms with E-state index in [0.29, 0.717) is 30.9 Å². The van der Waals surface area contributed by atoms with Crippen molar-refractivity contribution in [1.82, 2.24) is 0 Å². The smallest absolute Gasteiger partial charge is 0.337 e. The van der Waals surface area contributed by atoms with Crippen molar-refractivity contribution in [3.05, 3.63) is 23.8 Å². The Morgan fingerprint density at radius 3 is 2.69 bits per heavy atom. The molecule has 2 aliphatic heterocycles. The fourth-order valence-electron chi connectivity index (χ4n) is 7.25. The van der Waals surface area contributed by atoms with E-state index in [9.17, 15) is 9.59 Å². The van der Waals surface area contributed by atoms with Gasteiger partial charge in [-0.2, -0.15) is 0 Å². The lowest BCUT2D eigenvalue weighted by atomic mass is 9.46. The van der Waals surface area contributed by atoms with Gasteiger partial charge in [-0.3, -0.25) is 4.79 Å². The fourth-order valence-corrected chi connectivity index (χ4v) is 7.25. The molecule has 0 unspecified atom stereocenters. The Labute approximate surface area is 210 Å². The van der Waals surface area contributed by atoms with Gasteiger partial charge in [0.2, 0.25) is 0 Å². The average Bonchev–Trinajstić information content (AvgIpc) is 3.13. The van der Waals surface area contributed by atoms with Gasteiger partial charge in [0.1, 0.15) is 6.61 Å². The molecule has 6 heteroatoms. The molecule has 6 atom stereocenters. The molecule has 2 heterocycles. The van der Waals surface area contributed by atoms with Crippen molar-refractivity contribution in [3.63, 3.8) is 0 Å². The first-order valence-corrected chi connectivity index (χ1v) is 13.6. The number of hydrogen-bond acceptors (Lipinski definition) is 6. The first kappa shape index (κ1) is 26.4. The zero-order valence-corrected chi connectivity index (χ0v) is 22.3. The summed E-state index contributed by atoms with van der Waals surface area (Å²) in [6.45, 7) is 16.1. The van der Waals surface area contributed by atoms with Gasteiger partial charge in [-0.25, -0.2) is 4.79 Å². The van der Waals surface area contributed by atoms with E-state index in [-0.39, 0.29) is 41.4 Å². The minimum atomic E-state index is -0.604. The number of fused-ring (bicyclic) bond motifs is 3. The lowest BCUT2D eigenvalue weighted by molar-refractivity contribution is -0.344. The second kappa shape index (κ2) is 10.0. The predicted molar refractivity (Wildman–Crippen MR) is 133 cm³/mol. The Hall–Kier alpha value is -1.66. The van der Waals surface area contributed by atoms with Crippen molar-refractivity contribution in [2.45, 2.75) is 110 Å². The molecule has 0 radical (unpaired) electrons. The van der Waals surface area contributed by atoms with Crippen LogP contribution in [0.2, 0.25) is 0 Å². The van der Waals surface area contributed by atoms with Crippen LogP contribution in [0.15, 0.2) is 23.8 Å². The molecule has 2 saturated carbocycles. The molecule has 6 nitrogen and oxygen atoms in total. The van der Waals surface area contributed by atoms with Crippen LogP contribution in [0.3, 0.4) is 0 Å². The van der Waals surface area contributed by atoms with Crippen LogP contribution in [0.25, 0.3) is 0 Å². The highest BCUT2D eigenvalue weighted by Crippen LogP contribution is 2.63. The number of carbonyl (C=O) groups is 2. The third-order valence-electron chi connectivity index (χ3n) is 9.25. The number of cyclic esters (lactones) is 1. The van der Waals surface area contributed by atoms with Crippen molar-refractivity contribution < 1.29 is 28.5 Å². The van der Waals surface area contributed by atoms with Gasteiger partial charge in [0.05, 0.1) is 18.3 Å². The molecule has 0 bridgehead atoms. The van der Waals surface area contributed by atoms with Gasteiger partial charge in [0.15, 0.2) is 11.9 Å². The Morgan fingerprint density at radius 1 is 1.17 bits per heavy atom. The van der Waals surface area contributed by atoms with Gasteiger partial charge in [0, 0.05) is 11.8 Å². The lowest BCUT2D eigenvalue weighted by Crippen LogP contribution is -2.62. The number of hydrogen-bond donors (Lipinski definition) is 0. The first-order valence-electron chi connectivity index (χ1n) is 13.6. The number of ether oxygens (including phenoxy) is 4. The van der Waals surface area contributed by atoms with Crippen molar-refractivity contribution >= 4 is 11.9 Å². The molecule has 0 aromatic carbocycles. The number of allylic oxidation sites excluding steroid dienone is 2. The molecule has 4 fully saturated rings. The summed E-state index contributed by atoms with van der Waals surface area (Å²) in [5.74, 6) is -0.469. The summed E-state index contributed by atoms with van der Waals surface area (Å²) >= 11 is 0. The van der Waals surface area contributed by atoms with E-state index in [0.717, 1.165) is 44.9 Å². The molecule has 0 aromatic rings. The largest absolute Gasteiger partial charge is 0.458 e. The Bertz CT molecular complexity index is 874. The summed E-state index contributed by atoms with van der Waals surface area (Å²) in [5, 5.41) is 0. The molecule has 196 valence electrons. The van der Waals surface area contributed by atoms with E-state index in [1.807, 2.05) is 19.9 Å². The highest BCUT2D eigenvalue weighted by molar-refractivity contribution is 5.92. The maximum Gasteiger partial charge on any atom is 0.337 e. The molecule has 2 saturated heterocycles. The molecule has 4 rings (SSSR count). The third kappa shape index (κ3) is 5.11. The summed E-state index contributed by atoms with van der Waals surface area (Å²) in [4.78, 5) is 24.8. The van der Waals surface area contributed by atoms with Gasteiger partial charge in [0.25, 0.3) is 0 Å².